The van der Waals surface area contributed by atoms with E-state index < -0.39 is 11.9 Å². The first-order valence-corrected chi connectivity index (χ1v) is 9.78. The first-order chi connectivity index (χ1) is 15.1. The number of benzene rings is 3. The van der Waals surface area contributed by atoms with E-state index in [1.807, 2.05) is 0 Å². The number of carbonyl (C=O) groups is 2. The number of nitrogens with zero attached hydrogens (tertiary/aromatic N) is 1. The summed E-state index contributed by atoms with van der Waals surface area (Å²) in [6.07, 6.45) is 1.45. The number of halogens is 1. The van der Waals surface area contributed by atoms with Gasteiger partial charge in [-0.3, -0.25) is 4.79 Å². The van der Waals surface area contributed by atoms with Crippen LogP contribution in [-0.4, -0.2) is 31.3 Å². The Morgan fingerprint density at radius 3 is 2.61 bits per heavy atom. The molecular formula is C23H17ClN2O5. The molecule has 0 atom stereocenters. The van der Waals surface area contributed by atoms with Crippen LogP contribution < -0.4 is 19.6 Å². The molecule has 156 valence electrons. The van der Waals surface area contributed by atoms with Gasteiger partial charge in [0, 0.05) is 5.56 Å². The van der Waals surface area contributed by atoms with Crippen LogP contribution in [0, 0.1) is 0 Å². The number of fused-ring (bicyclic) bond motifs is 1. The molecule has 0 aliphatic carbocycles. The molecule has 0 fully saturated rings. The molecule has 1 aliphatic rings. The third-order valence-electron chi connectivity index (χ3n) is 4.35. The predicted molar refractivity (Wildman–Crippen MR) is 115 cm³/mol. The van der Waals surface area contributed by atoms with E-state index in [1.165, 1.54) is 6.21 Å². The van der Waals surface area contributed by atoms with Crippen LogP contribution in [0.15, 0.2) is 71.8 Å². The van der Waals surface area contributed by atoms with Crippen molar-refractivity contribution in [2.45, 2.75) is 0 Å². The molecule has 7 nitrogen and oxygen atoms in total. The summed E-state index contributed by atoms with van der Waals surface area (Å²) >= 11 is 6.03. The van der Waals surface area contributed by atoms with E-state index >= 15 is 0 Å². The molecule has 0 aromatic heterocycles. The van der Waals surface area contributed by atoms with Crippen LogP contribution in [0.4, 0.5) is 0 Å². The highest BCUT2D eigenvalue weighted by Crippen LogP contribution is 2.30. The Kier molecular flexibility index (Phi) is 6.14. The van der Waals surface area contributed by atoms with Crippen LogP contribution in [0.1, 0.15) is 26.3 Å². The van der Waals surface area contributed by atoms with Crippen LogP contribution in [0.3, 0.4) is 0 Å². The number of hydrazone groups is 1. The second kappa shape index (κ2) is 9.32. The van der Waals surface area contributed by atoms with Crippen molar-refractivity contribution >= 4 is 29.7 Å². The predicted octanol–water partition coefficient (Wildman–Crippen LogP) is 4.09. The first-order valence-electron chi connectivity index (χ1n) is 9.40. The molecule has 3 aromatic carbocycles. The normalized spacial score (nSPS) is 12.4. The standard InChI is InChI=1S/C23H17ClN2O5/c24-19-7-2-1-6-18(19)23(28)31-17-5-3-4-15(12-17)14-25-26-22(27)16-8-9-20-21(13-16)30-11-10-29-20/h1-9,12-14H,10-11H2,(H,26,27). The highest BCUT2D eigenvalue weighted by atomic mass is 35.5. The molecule has 0 bridgehead atoms. The number of nitrogens with one attached hydrogen (secondary N) is 1. The minimum atomic E-state index is -0.563. The van der Waals surface area contributed by atoms with Gasteiger partial charge in [0.05, 0.1) is 16.8 Å². The van der Waals surface area contributed by atoms with Gasteiger partial charge in [-0.2, -0.15) is 5.10 Å². The maximum Gasteiger partial charge on any atom is 0.345 e. The van der Waals surface area contributed by atoms with Gasteiger partial charge in [-0.05, 0) is 48.0 Å². The van der Waals surface area contributed by atoms with E-state index in [4.69, 9.17) is 25.8 Å². The lowest BCUT2D eigenvalue weighted by molar-refractivity contribution is 0.0734. The van der Waals surface area contributed by atoms with Crippen LogP contribution >= 0.6 is 11.6 Å². The van der Waals surface area contributed by atoms with Gasteiger partial charge in [0.15, 0.2) is 11.5 Å². The summed E-state index contributed by atoms with van der Waals surface area (Å²) in [6, 6.07) is 18.3. The fourth-order valence-electron chi connectivity index (χ4n) is 2.86. The van der Waals surface area contributed by atoms with Crippen molar-refractivity contribution in [1.82, 2.24) is 5.43 Å². The Balaban J connectivity index is 1.39. The zero-order chi connectivity index (χ0) is 21.6. The van der Waals surface area contributed by atoms with E-state index in [1.54, 1.807) is 66.7 Å². The van der Waals surface area contributed by atoms with Crippen LogP contribution in [0.5, 0.6) is 17.2 Å². The lowest BCUT2D eigenvalue weighted by atomic mass is 10.2. The van der Waals surface area contributed by atoms with Crippen molar-refractivity contribution in [2.75, 3.05) is 13.2 Å². The lowest BCUT2D eigenvalue weighted by Gasteiger charge is -2.18. The molecule has 0 radical (unpaired) electrons. The fraction of sp³-hybridized carbons (Fsp3) is 0.0870. The third kappa shape index (κ3) is 5.02. The number of amides is 1. The Labute approximate surface area is 183 Å². The van der Waals surface area contributed by atoms with Gasteiger partial charge in [-0.25, -0.2) is 10.2 Å². The van der Waals surface area contributed by atoms with Crippen LogP contribution in [0.2, 0.25) is 5.02 Å². The fourth-order valence-corrected chi connectivity index (χ4v) is 3.07. The first kappa shape index (κ1) is 20.4. The van der Waals surface area contributed by atoms with Crippen LogP contribution in [0.25, 0.3) is 0 Å². The molecule has 0 saturated heterocycles. The molecule has 8 heteroatoms. The van der Waals surface area contributed by atoms with E-state index in [2.05, 4.69) is 10.5 Å². The van der Waals surface area contributed by atoms with Crippen molar-refractivity contribution in [1.29, 1.82) is 0 Å². The van der Waals surface area contributed by atoms with E-state index in [0.29, 0.717) is 46.6 Å². The monoisotopic (exact) mass is 436 g/mol. The van der Waals surface area contributed by atoms with Crippen molar-refractivity contribution < 1.29 is 23.8 Å². The highest BCUT2D eigenvalue weighted by Gasteiger charge is 2.15. The minimum Gasteiger partial charge on any atom is -0.486 e. The molecule has 1 N–H and O–H groups in total. The second-order valence-electron chi connectivity index (χ2n) is 6.50. The number of hydrogen-bond donors (Lipinski definition) is 1. The van der Waals surface area contributed by atoms with Gasteiger partial charge in [-0.15, -0.1) is 0 Å². The summed E-state index contributed by atoms with van der Waals surface area (Å²) < 4.78 is 16.3. The summed E-state index contributed by atoms with van der Waals surface area (Å²) in [5, 5.41) is 4.28. The molecule has 0 saturated carbocycles. The van der Waals surface area contributed by atoms with Crippen molar-refractivity contribution in [3.05, 3.63) is 88.4 Å². The van der Waals surface area contributed by atoms with E-state index in [9.17, 15) is 9.59 Å². The molecule has 1 amide bonds. The number of ether oxygens (including phenoxy) is 3. The smallest absolute Gasteiger partial charge is 0.345 e. The maximum absolute atomic E-state index is 12.3. The molecule has 1 heterocycles. The molecule has 0 spiro atoms. The average molecular weight is 437 g/mol. The Morgan fingerprint density at radius 1 is 0.968 bits per heavy atom. The quantitative estimate of drug-likeness (QED) is 0.282. The Morgan fingerprint density at radius 2 is 1.77 bits per heavy atom. The minimum absolute atomic E-state index is 0.273. The van der Waals surface area contributed by atoms with Gasteiger partial charge in [-0.1, -0.05) is 35.9 Å². The van der Waals surface area contributed by atoms with E-state index in [-0.39, 0.29) is 5.56 Å². The van der Waals surface area contributed by atoms with Crippen molar-refractivity contribution in [3.63, 3.8) is 0 Å². The van der Waals surface area contributed by atoms with Gasteiger partial charge >= 0.3 is 5.97 Å². The molecule has 1 aliphatic heterocycles. The van der Waals surface area contributed by atoms with Crippen molar-refractivity contribution in [3.8, 4) is 17.2 Å². The largest absolute Gasteiger partial charge is 0.486 e. The molecule has 0 unspecified atom stereocenters. The summed E-state index contributed by atoms with van der Waals surface area (Å²) in [4.78, 5) is 24.6. The van der Waals surface area contributed by atoms with Gasteiger partial charge < -0.3 is 14.2 Å². The number of hydrogen-bond acceptors (Lipinski definition) is 6. The summed E-state index contributed by atoms with van der Waals surface area (Å²) in [6.45, 7) is 0.920. The van der Waals surface area contributed by atoms with Gasteiger partial charge in [0.2, 0.25) is 0 Å². The number of esters is 1. The number of carbonyl (C=O) groups excluding carboxylic acids is 2. The Bertz CT molecular complexity index is 1160. The molecule has 4 rings (SSSR count). The molecular weight excluding hydrogens is 420 g/mol. The highest BCUT2D eigenvalue weighted by molar-refractivity contribution is 6.33. The second-order valence-corrected chi connectivity index (χ2v) is 6.91. The zero-order valence-corrected chi connectivity index (χ0v) is 17.0. The van der Waals surface area contributed by atoms with E-state index in [0.717, 1.165) is 0 Å². The van der Waals surface area contributed by atoms with Crippen LogP contribution in [-0.2, 0) is 0 Å². The van der Waals surface area contributed by atoms with Gasteiger partial charge in [0.25, 0.3) is 5.91 Å². The van der Waals surface area contributed by atoms with Crippen molar-refractivity contribution in [2.24, 2.45) is 5.10 Å². The zero-order valence-electron chi connectivity index (χ0n) is 16.2. The lowest BCUT2D eigenvalue weighted by Crippen LogP contribution is -2.19. The summed E-state index contributed by atoms with van der Waals surface area (Å²) in [7, 11) is 0. The molecule has 31 heavy (non-hydrogen) atoms. The average Bonchev–Trinajstić information content (AvgIpc) is 2.79. The van der Waals surface area contributed by atoms with Gasteiger partial charge in [0.1, 0.15) is 19.0 Å². The SMILES string of the molecule is O=C(NN=Cc1cccc(OC(=O)c2ccccc2Cl)c1)c1ccc2c(c1)OCCO2. The summed E-state index contributed by atoms with van der Waals surface area (Å²) in [5.74, 6) is 0.499. The summed E-state index contributed by atoms with van der Waals surface area (Å²) in [5.41, 5.74) is 3.75. The topological polar surface area (TPSA) is 86.2 Å². The molecule has 3 aromatic rings. The number of rotatable bonds is 5. The maximum atomic E-state index is 12.3. The third-order valence-corrected chi connectivity index (χ3v) is 4.68. The Hall–Kier alpha value is -3.84.